The molecule has 0 aliphatic carbocycles. The van der Waals surface area contributed by atoms with Crippen LogP contribution in [0.25, 0.3) is 0 Å². The van der Waals surface area contributed by atoms with Crippen LogP contribution >= 0.6 is 11.3 Å². The van der Waals surface area contributed by atoms with Gasteiger partial charge in [0, 0.05) is 29.9 Å². The second kappa shape index (κ2) is 8.39. The maximum Gasteiger partial charge on any atom is 0.261 e. The van der Waals surface area contributed by atoms with E-state index >= 15 is 0 Å². The second-order valence-electron chi connectivity index (χ2n) is 6.68. The molecule has 1 aromatic carbocycles. The number of amides is 1. The molecular formula is C21H25N3O2S. The number of rotatable bonds is 7. The molecule has 2 heterocycles. The first kappa shape index (κ1) is 19.2. The van der Waals surface area contributed by atoms with Gasteiger partial charge >= 0.3 is 0 Å². The molecule has 0 bridgehead atoms. The molecule has 27 heavy (non-hydrogen) atoms. The molecule has 5 nitrogen and oxygen atoms in total. The van der Waals surface area contributed by atoms with Crippen LogP contribution < -0.4 is 10.1 Å². The van der Waals surface area contributed by atoms with E-state index in [2.05, 4.69) is 37.3 Å². The lowest BCUT2D eigenvalue weighted by molar-refractivity contribution is 0.0955. The minimum absolute atomic E-state index is 0.0682. The van der Waals surface area contributed by atoms with E-state index in [1.165, 1.54) is 22.5 Å². The van der Waals surface area contributed by atoms with E-state index in [1.54, 1.807) is 0 Å². The van der Waals surface area contributed by atoms with Crippen LogP contribution in [0.2, 0.25) is 0 Å². The van der Waals surface area contributed by atoms with Crippen molar-refractivity contribution >= 4 is 17.2 Å². The fourth-order valence-corrected chi connectivity index (χ4v) is 3.81. The van der Waals surface area contributed by atoms with Gasteiger partial charge in [0.2, 0.25) is 0 Å². The molecule has 0 aliphatic rings. The molecule has 3 aromatic rings. The quantitative estimate of drug-likeness (QED) is 0.658. The Balaban J connectivity index is 1.56. The molecule has 1 N–H and O–H groups in total. The Morgan fingerprint density at radius 2 is 1.93 bits per heavy atom. The van der Waals surface area contributed by atoms with Gasteiger partial charge in [-0.15, -0.1) is 11.3 Å². The van der Waals surface area contributed by atoms with Crippen LogP contribution in [0.1, 0.15) is 44.5 Å². The number of nitrogens with one attached hydrogen (secondary N) is 1. The Labute approximate surface area is 164 Å². The highest BCUT2D eigenvalue weighted by molar-refractivity contribution is 7.12. The first-order valence-electron chi connectivity index (χ1n) is 9.04. The van der Waals surface area contributed by atoms with E-state index in [0.717, 1.165) is 29.1 Å². The van der Waals surface area contributed by atoms with Crippen LogP contribution in [0.4, 0.5) is 0 Å². The summed E-state index contributed by atoms with van der Waals surface area (Å²) in [5.74, 6) is 0.786. The molecule has 0 fully saturated rings. The van der Waals surface area contributed by atoms with E-state index in [9.17, 15) is 4.79 Å². The standard InChI is InChI=1S/C21H25N3O2S/c1-5-24-16(4)18(11-23-24)10-22-21(25)20-9-17(13-27-20)12-26-19-7-14(2)6-15(3)8-19/h6-9,11,13H,5,10,12H2,1-4H3,(H,22,25). The van der Waals surface area contributed by atoms with Crippen molar-refractivity contribution in [2.45, 2.75) is 47.4 Å². The fourth-order valence-electron chi connectivity index (χ4n) is 2.99. The summed E-state index contributed by atoms with van der Waals surface area (Å²) in [5, 5.41) is 9.25. The summed E-state index contributed by atoms with van der Waals surface area (Å²) in [7, 11) is 0. The maximum atomic E-state index is 12.4. The summed E-state index contributed by atoms with van der Waals surface area (Å²) >= 11 is 1.44. The van der Waals surface area contributed by atoms with Gasteiger partial charge in [0.1, 0.15) is 12.4 Å². The van der Waals surface area contributed by atoms with Crippen LogP contribution in [0.15, 0.2) is 35.8 Å². The summed E-state index contributed by atoms with van der Waals surface area (Å²) in [6.45, 7) is 9.94. The molecular weight excluding hydrogens is 358 g/mol. The zero-order valence-corrected chi connectivity index (χ0v) is 17.0. The second-order valence-corrected chi connectivity index (χ2v) is 7.60. The van der Waals surface area contributed by atoms with Gasteiger partial charge in [-0.3, -0.25) is 9.48 Å². The summed E-state index contributed by atoms with van der Waals surface area (Å²) in [5.41, 5.74) is 5.49. The Morgan fingerprint density at radius 1 is 1.19 bits per heavy atom. The number of hydrogen-bond donors (Lipinski definition) is 1. The topological polar surface area (TPSA) is 56.2 Å². The van der Waals surface area contributed by atoms with Gasteiger partial charge in [-0.2, -0.15) is 5.10 Å². The van der Waals surface area contributed by atoms with Crippen molar-refractivity contribution in [2.24, 2.45) is 0 Å². The predicted octanol–water partition coefficient (Wildman–Crippen LogP) is 4.40. The Bertz CT molecular complexity index is 923. The van der Waals surface area contributed by atoms with Crippen LogP contribution in [0.5, 0.6) is 5.75 Å². The average Bonchev–Trinajstić information content (AvgIpc) is 3.24. The number of ether oxygens (including phenoxy) is 1. The Morgan fingerprint density at radius 3 is 2.59 bits per heavy atom. The number of thiophene rings is 1. The molecule has 0 saturated carbocycles. The van der Waals surface area contributed by atoms with Gasteiger partial charge in [0.15, 0.2) is 0 Å². The van der Waals surface area contributed by atoms with Crippen molar-refractivity contribution in [1.29, 1.82) is 0 Å². The van der Waals surface area contributed by atoms with Crippen molar-refractivity contribution < 1.29 is 9.53 Å². The molecule has 0 atom stereocenters. The third-order valence-corrected chi connectivity index (χ3v) is 5.40. The normalized spacial score (nSPS) is 10.8. The lowest BCUT2D eigenvalue weighted by Gasteiger charge is -2.07. The van der Waals surface area contributed by atoms with Crippen LogP contribution in [-0.2, 0) is 19.7 Å². The number of benzene rings is 1. The SMILES string of the molecule is CCn1ncc(CNC(=O)c2cc(COc3cc(C)cc(C)c3)cs2)c1C. The van der Waals surface area contributed by atoms with Crippen molar-refractivity contribution in [3.05, 3.63) is 68.7 Å². The minimum atomic E-state index is -0.0682. The molecule has 1 amide bonds. The van der Waals surface area contributed by atoms with E-state index in [0.29, 0.717) is 18.0 Å². The molecule has 142 valence electrons. The number of carbonyl (C=O) groups excluding carboxylic acids is 1. The van der Waals surface area contributed by atoms with Crippen molar-refractivity contribution in [3.8, 4) is 5.75 Å². The number of carbonyl (C=O) groups is 1. The van der Waals surface area contributed by atoms with Gasteiger partial charge in [-0.25, -0.2) is 0 Å². The third-order valence-electron chi connectivity index (χ3n) is 4.42. The van der Waals surface area contributed by atoms with Crippen LogP contribution in [0.3, 0.4) is 0 Å². The van der Waals surface area contributed by atoms with E-state index in [4.69, 9.17) is 4.74 Å². The lowest BCUT2D eigenvalue weighted by Crippen LogP contribution is -2.22. The zero-order valence-electron chi connectivity index (χ0n) is 16.2. The lowest BCUT2D eigenvalue weighted by atomic mass is 10.1. The summed E-state index contributed by atoms with van der Waals surface area (Å²) < 4.78 is 7.80. The van der Waals surface area contributed by atoms with Crippen molar-refractivity contribution in [3.63, 3.8) is 0 Å². The highest BCUT2D eigenvalue weighted by Crippen LogP contribution is 2.20. The highest BCUT2D eigenvalue weighted by Gasteiger charge is 2.11. The van der Waals surface area contributed by atoms with Crippen LogP contribution in [0, 0.1) is 20.8 Å². The van der Waals surface area contributed by atoms with Gasteiger partial charge in [0.05, 0.1) is 11.1 Å². The van der Waals surface area contributed by atoms with Crippen LogP contribution in [-0.4, -0.2) is 15.7 Å². The number of nitrogens with zero attached hydrogens (tertiary/aromatic N) is 2. The third kappa shape index (κ3) is 4.77. The average molecular weight is 384 g/mol. The zero-order chi connectivity index (χ0) is 19.4. The monoisotopic (exact) mass is 383 g/mol. The van der Waals surface area contributed by atoms with E-state index in [1.807, 2.05) is 41.4 Å². The summed E-state index contributed by atoms with van der Waals surface area (Å²) in [4.78, 5) is 13.1. The smallest absolute Gasteiger partial charge is 0.261 e. The van der Waals surface area contributed by atoms with E-state index < -0.39 is 0 Å². The highest BCUT2D eigenvalue weighted by atomic mass is 32.1. The Kier molecular flexibility index (Phi) is 5.96. The van der Waals surface area contributed by atoms with Crippen molar-refractivity contribution in [2.75, 3.05) is 0 Å². The van der Waals surface area contributed by atoms with Crippen molar-refractivity contribution in [1.82, 2.24) is 15.1 Å². The van der Waals surface area contributed by atoms with Gasteiger partial charge in [-0.1, -0.05) is 6.07 Å². The van der Waals surface area contributed by atoms with Gasteiger partial charge in [-0.05, 0) is 62.4 Å². The molecule has 2 aromatic heterocycles. The molecule has 0 aliphatic heterocycles. The number of hydrogen-bond acceptors (Lipinski definition) is 4. The number of aromatic nitrogens is 2. The fraction of sp³-hybridized carbons (Fsp3) is 0.333. The van der Waals surface area contributed by atoms with Gasteiger partial charge in [0.25, 0.3) is 5.91 Å². The first-order chi connectivity index (χ1) is 13.0. The molecule has 0 unspecified atom stereocenters. The molecule has 3 rings (SSSR count). The maximum absolute atomic E-state index is 12.4. The molecule has 0 spiro atoms. The minimum Gasteiger partial charge on any atom is -0.489 e. The first-order valence-corrected chi connectivity index (χ1v) is 9.92. The molecule has 0 radical (unpaired) electrons. The largest absolute Gasteiger partial charge is 0.489 e. The van der Waals surface area contributed by atoms with Gasteiger partial charge < -0.3 is 10.1 Å². The molecule has 6 heteroatoms. The molecule has 0 saturated heterocycles. The predicted molar refractivity (Wildman–Crippen MR) is 108 cm³/mol. The summed E-state index contributed by atoms with van der Waals surface area (Å²) in [6.07, 6.45) is 1.82. The van der Waals surface area contributed by atoms with E-state index in [-0.39, 0.29) is 5.91 Å². The summed E-state index contributed by atoms with van der Waals surface area (Å²) in [6, 6.07) is 8.05. The number of aryl methyl sites for hydroxylation is 3. The Hall–Kier alpha value is -2.60.